The molecular formula is C21H25NO. The molecule has 1 aliphatic carbocycles. The van der Waals surface area contributed by atoms with Gasteiger partial charge in [-0.25, -0.2) is 0 Å². The molecule has 1 heterocycles. The second-order valence-corrected chi connectivity index (χ2v) is 7.14. The molecule has 2 heteroatoms. The second kappa shape index (κ2) is 5.92. The highest BCUT2D eigenvalue weighted by molar-refractivity contribution is 5.56. The molecule has 0 amide bonds. The zero-order valence-electron chi connectivity index (χ0n) is 13.8. The first-order chi connectivity index (χ1) is 11.2. The lowest BCUT2D eigenvalue weighted by Gasteiger charge is -2.26. The van der Waals surface area contributed by atoms with E-state index in [4.69, 9.17) is 0 Å². The van der Waals surface area contributed by atoms with Gasteiger partial charge in [0.2, 0.25) is 0 Å². The van der Waals surface area contributed by atoms with Crippen molar-refractivity contribution >= 4 is 5.69 Å². The van der Waals surface area contributed by atoms with Crippen LogP contribution in [0.5, 0.6) is 5.75 Å². The topological polar surface area (TPSA) is 32.3 Å². The van der Waals surface area contributed by atoms with Crippen molar-refractivity contribution in [1.82, 2.24) is 0 Å². The lowest BCUT2D eigenvalue weighted by atomic mass is 9.86. The molecule has 23 heavy (non-hydrogen) atoms. The maximum Gasteiger partial charge on any atom is 0.119 e. The predicted molar refractivity (Wildman–Crippen MR) is 95.3 cm³/mol. The van der Waals surface area contributed by atoms with Crippen molar-refractivity contribution in [2.75, 3.05) is 11.9 Å². The molecule has 1 aliphatic heterocycles. The quantitative estimate of drug-likeness (QED) is 0.864. The van der Waals surface area contributed by atoms with Gasteiger partial charge in [-0.3, -0.25) is 0 Å². The van der Waals surface area contributed by atoms with Crippen molar-refractivity contribution < 1.29 is 5.11 Å². The van der Waals surface area contributed by atoms with Gasteiger partial charge >= 0.3 is 0 Å². The minimum atomic E-state index is 0.477. The highest BCUT2D eigenvalue weighted by Crippen LogP contribution is 2.37. The summed E-state index contributed by atoms with van der Waals surface area (Å²) in [4.78, 5) is 0. The summed E-state index contributed by atoms with van der Waals surface area (Å²) in [5.74, 6) is 1.80. The summed E-state index contributed by atoms with van der Waals surface area (Å²) in [5.41, 5.74) is 6.79. The van der Waals surface area contributed by atoms with E-state index in [1.807, 2.05) is 12.1 Å². The first kappa shape index (κ1) is 14.6. The Kier molecular flexibility index (Phi) is 3.76. The van der Waals surface area contributed by atoms with Crippen LogP contribution in [0.1, 0.15) is 47.9 Å². The molecule has 2 aromatic rings. The Labute approximate surface area is 138 Å². The van der Waals surface area contributed by atoms with Crippen LogP contribution in [0.2, 0.25) is 0 Å². The van der Waals surface area contributed by atoms with E-state index >= 15 is 0 Å². The normalized spacial score (nSPS) is 22.3. The van der Waals surface area contributed by atoms with E-state index in [0.29, 0.717) is 17.6 Å². The Morgan fingerprint density at radius 1 is 1.17 bits per heavy atom. The Morgan fingerprint density at radius 2 is 2.09 bits per heavy atom. The smallest absolute Gasteiger partial charge is 0.119 e. The number of hydrogen-bond acceptors (Lipinski definition) is 2. The van der Waals surface area contributed by atoms with Gasteiger partial charge in [-0.2, -0.15) is 0 Å². The van der Waals surface area contributed by atoms with Crippen LogP contribution >= 0.6 is 0 Å². The third kappa shape index (κ3) is 2.71. The van der Waals surface area contributed by atoms with Gasteiger partial charge in [-0.05, 0) is 78.3 Å². The molecular weight excluding hydrogens is 282 g/mol. The summed E-state index contributed by atoms with van der Waals surface area (Å²) in [6.45, 7) is 3.39. The minimum Gasteiger partial charge on any atom is -0.508 e. The summed E-state index contributed by atoms with van der Waals surface area (Å²) in [7, 11) is 0. The molecule has 2 unspecified atom stereocenters. The van der Waals surface area contributed by atoms with E-state index in [1.54, 1.807) is 0 Å². The van der Waals surface area contributed by atoms with Crippen LogP contribution in [0.3, 0.4) is 0 Å². The molecule has 0 bridgehead atoms. The SMILES string of the molecule is CCC1CCNc2ccc(CC3Cc4cccc(O)c4C3)cc21. The first-order valence-electron chi connectivity index (χ1n) is 8.91. The van der Waals surface area contributed by atoms with Gasteiger partial charge in [0.05, 0.1) is 0 Å². The van der Waals surface area contributed by atoms with Gasteiger partial charge in [0, 0.05) is 12.2 Å². The van der Waals surface area contributed by atoms with Crippen LogP contribution in [-0.4, -0.2) is 11.7 Å². The average molecular weight is 307 g/mol. The van der Waals surface area contributed by atoms with Crippen molar-refractivity contribution in [3.8, 4) is 5.75 Å². The largest absolute Gasteiger partial charge is 0.508 e. The average Bonchev–Trinajstić information content (AvgIpc) is 2.98. The molecule has 0 saturated carbocycles. The van der Waals surface area contributed by atoms with Crippen LogP contribution in [0, 0.1) is 5.92 Å². The molecule has 2 nitrogen and oxygen atoms in total. The van der Waals surface area contributed by atoms with E-state index in [1.165, 1.54) is 40.8 Å². The molecule has 120 valence electrons. The number of rotatable bonds is 3. The Hall–Kier alpha value is -1.96. The van der Waals surface area contributed by atoms with Crippen molar-refractivity contribution in [3.05, 3.63) is 58.7 Å². The van der Waals surface area contributed by atoms with Gasteiger partial charge < -0.3 is 10.4 Å². The number of anilines is 1. The first-order valence-corrected chi connectivity index (χ1v) is 8.91. The van der Waals surface area contributed by atoms with E-state index in [-0.39, 0.29) is 0 Å². The molecule has 2 aromatic carbocycles. The predicted octanol–water partition coefficient (Wildman–Crippen LogP) is 4.66. The van der Waals surface area contributed by atoms with Gasteiger partial charge in [0.15, 0.2) is 0 Å². The number of phenols is 1. The third-order valence-electron chi connectivity index (χ3n) is 5.63. The summed E-state index contributed by atoms with van der Waals surface area (Å²) in [5, 5.41) is 13.6. The number of nitrogens with one attached hydrogen (secondary N) is 1. The molecule has 0 spiro atoms. The van der Waals surface area contributed by atoms with Crippen LogP contribution in [0.4, 0.5) is 5.69 Å². The Balaban J connectivity index is 1.54. The van der Waals surface area contributed by atoms with Gasteiger partial charge in [-0.15, -0.1) is 0 Å². The van der Waals surface area contributed by atoms with Crippen LogP contribution in [0.25, 0.3) is 0 Å². The highest BCUT2D eigenvalue weighted by Gasteiger charge is 2.25. The van der Waals surface area contributed by atoms with E-state index in [9.17, 15) is 5.11 Å². The summed E-state index contributed by atoms with van der Waals surface area (Å²) < 4.78 is 0. The van der Waals surface area contributed by atoms with Crippen LogP contribution in [0.15, 0.2) is 36.4 Å². The van der Waals surface area contributed by atoms with Crippen molar-refractivity contribution in [1.29, 1.82) is 0 Å². The standard InChI is InChI=1S/C21H25NO/c1-2-16-8-9-22-20-7-6-14(12-18(16)20)10-15-11-17-4-3-5-21(23)19(17)13-15/h3-7,12,15-16,22-23H,2,8-11,13H2,1H3. The number of benzene rings is 2. The second-order valence-electron chi connectivity index (χ2n) is 7.14. The lowest BCUT2D eigenvalue weighted by molar-refractivity contribution is 0.464. The molecule has 0 radical (unpaired) electrons. The molecule has 0 fully saturated rings. The van der Waals surface area contributed by atoms with Gasteiger partial charge in [0.1, 0.15) is 5.75 Å². The van der Waals surface area contributed by atoms with E-state index < -0.39 is 0 Å². The maximum absolute atomic E-state index is 10.0. The highest BCUT2D eigenvalue weighted by atomic mass is 16.3. The molecule has 2 N–H and O–H groups in total. The molecule has 4 rings (SSSR count). The zero-order valence-corrected chi connectivity index (χ0v) is 13.8. The van der Waals surface area contributed by atoms with Gasteiger partial charge in [-0.1, -0.05) is 31.2 Å². The number of fused-ring (bicyclic) bond motifs is 2. The van der Waals surface area contributed by atoms with Crippen molar-refractivity contribution in [2.24, 2.45) is 5.92 Å². The van der Waals surface area contributed by atoms with Crippen molar-refractivity contribution in [3.63, 3.8) is 0 Å². The van der Waals surface area contributed by atoms with E-state index in [2.05, 4.69) is 36.5 Å². The number of hydrogen-bond donors (Lipinski definition) is 2. The van der Waals surface area contributed by atoms with Crippen LogP contribution < -0.4 is 5.32 Å². The fraction of sp³-hybridized carbons (Fsp3) is 0.429. The molecule has 0 saturated heterocycles. The van der Waals surface area contributed by atoms with E-state index in [0.717, 1.165) is 25.8 Å². The zero-order chi connectivity index (χ0) is 15.8. The fourth-order valence-electron chi connectivity index (χ4n) is 4.40. The number of aromatic hydroxyl groups is 1. The minimum absolute atomic E-state index is 0.477. The lowest BCUT2D eigenvalue weighted by Crippen LogP contribution is -2.17. The van der Waals surface area contributed by atoms with Crippen molar-refractivity contribution in [2.45, 2.75) is 44.9 Å². The van der Waals surface area contributed by atoms with Crippen LogP contribution in [-0.2, 0) is 19.3 Å². The Bertz CT molecular complexity index is 722. The molecule has 2 aliphatic rings. The van der Waals surface area contributed by atoms with Gasteiger partial charge in [0.25, 0.3) is 0 Å². The Morgan fingerprint density at radius 3 is 2.91 bits per heavy atom. The monoisotopic (exact) mass is 307 g/mol. The molecule has 2 atom stereocenters. The third-order valence-corrected chi connectivity index (χ3v) is 5.63. The summed E-state index contributed by atoms with van der Waals surface area (Å²) in [6, 6.07) is 12.9. The summed E-state index contributed by atoms with van der Waals surface area (Å²) >= 11 is 0. The maximum atomic E-state index is 10.0. The summed E-state index contributed by atoms with van der Waals surface area (Å²) in [6.07, 6.45) is 5.68. The fourth-order valence-corrected chi connectivity index (χ4v) is 4.40. The number of phenolic OH excluding ortho intramolecular Hbond substituents is 1. The molecule has 0 aromatic heterocycles.